The molecule has 1 heterocycles. The van der Waals surface area contributed by atoms with Gasteiger partial charge in [-0.15, -0.1) is 0 Å². The predicted octanol–water partition coefficient (Wildman–Crippen LogP) is 3.31. The van der Waals surface area contributed by atoms with Gasteiger partial charge in [0.1, 0.15) is 5.75 Å². The normalized spacial score (nSPS) is 19.0. The van der Waals surface area contributed by atoms with Gasteiger partial charge in [-0.25, -0.2) is 0 Å². The van der Waals surface area contributed by atoms with E-state index in [1.54, 1.807) is 7.11 Å². The molecular weight excluding hydrogens is 272 g/mol. The van der Waals surface area contributed by atoms with Gasteiger partial charge >= 0.3 is 0 Å². The fraction of sp³-hybridized carbons (Fsp3) is 0.625. The Morgan fingerprint density at radius 1 is 1.45 bits per heavy atom. The summed E-state index contributed by atoms with van der Waals surface area (Å²) in [4.78, 5) is 2.48. The first-order valence-corrected chi connectivity index (χ1v) is 7.77. The molecule has 1 unspecified atom stereocenters. The Bertz CT molecular complexity index is 430. The molecule has 0 amide bonds. The van der Waals surface area contributed by atoms with Crippen molar-refractivity contribution < 1.29 is 4.74 Å². The van der Waals surface area contributed by atoms with Crippen LogP contribution in [0.1, 0.15) is 32.3 Å². The van der Waals surface area contributed by atoms with Crippen LogP contribution >= 0.6 is 11.6 Å². The van der Waals surface area contributed by atoms with E-state index < -0.39 is 0 Å². The van der Waals surface area contributed by atoms with E-state index in [2.05, 4.69) is 24.1 Å². The zero-order chi connectivity index (χ0) is 14.5. The fourth-order valence-electron chi connectivity index (χ4n) is 2.74. The summed E-state index contributed by atoms with van der Waals surface area (Å²) in [5.41, 5.74) is 1.16. The quantitative estimate of drug-likeness (QED) is 0.871. The van der Waals surface area contributed by atoms with Crippen LogP contribution in [0.5, 0.6) is 5.75 Å². The summed E-state index contributed by atoms with van der Waals surface area (Å²) in [5, 5.41) is 4.34. The second-order valence-corrected chi connectivity index (χ2v) is 6.21. The second-order valence-electron chi connectivity index (χ2n) is 5.77. The SMILES string of the molecule is COc1ccc(Cl)cc1CN(CC1CCCN1)C(C)C. The van der Waals surface area contributed by atoms with E-state index in [1.165, 1.54) is 12.8 Å². The Hall–Kier alpha value is -0.770. The highest BCUT2D eigenvalue weighted by Gasteiger charge is 2.20. The van der Waals surface area contributed by atoms with Crippen LogP contribution in [0.25, 0.3) is 0 Å². The maximum Gasteiger partial charge on any atom is 0.123 e. The molecule has 1 N–H and O–H groups in total. The number of benzene rings is 1. The average Bonchev–Trinajstić information content (AvgIpc) is 2.91. The highest BCUT2D eigenvalue weighted by Crippen LogP contribution is 2.25. The molecule has 0 spiro atoms. The van der Waals surface area contributed by atoms with Crippen LogP contribution in [0, 0.1) is 0 Å². The third kappa shape index (κ3) is 4.11. The Balaban J connectivity index is 2.08. The van der Waals surface area contributed by atoms with Crippen molar-refractivity contribution in [1.82, 2.24) is 10.2 Å². The number of hydrogen-bond donors (Lipinski definition) is 1. The molecule has 0 aliphatic carbocycles. The molecule has 112 valence electrons. The molecule has 1 atom stereocenters. The number of halogens is 1. The molecule has 1 fully saturated rings. The van der Waals surface area contributed by atoms with E-state index in [1.807, 2.05) is 18.2 Å². The number of nitrogens with zero attached hydrogens (tertiary/aromatic N) is 1. The first-order valence-electron chi connectivity index (χ1n) is 7.40. The molecule has 0 saturated carbocycles. The lowest BCUT2D eigenvalue weighted by Gasteiger charge is -2.30. The highest BCUT2D eigenvalue weighted by molar-refractivity contribution is 6.30. The maximum atomic E-state index is 6.12. The second kappa shape index (κ2) is 7.30. The molecule has 1 aliphatic heterocycles. The number of ether oxygens (including phenoxy) is 1. The molecule has 0 bridgehead atoms. The van der Waals surface area contributed by atoms with Crippen LogP contribution in [0.4, 0.5) is 0 Å². The van der Waals surface area contributed by atoms with E-state index in [0.717, 1.165) is 36.0 Å². The van der Waals surface area contributed by atoms with Crippen LogP contribution in [0.15, 0.2) is 18.2 Å². The van der Waals surface area contributed by atoms with E-state index in [-0.39, 0.29) is 0 Å². The summed E-state index contributed by atoms with van der Waals surface area (Å²) >= 11 is 6.12. The van der Waals surface area contributed by atoms with Crippen molar-refractivity contribution in [3.8, 4) is 5.75 Å². The zero-order valence-electron chi connectivity index (χ0n) is 12.7. The van der Waals surface area contributed by atoms with E-state index in [4.69, 9.17) is 16.3 Å². The van der Waals surface area contributed by atoms with Crippen LogP contribution in [-0.2, 0) is 6.54 Å². The molecule has 1 aliphatic rings. The third-order valence-electron chi connectivity index (χ3n) is 3.96. The number of rotatable bonds is 6. The molecule has 1 aromatic carbocycles. The van der Waals surface area contributed by atoms with Crippen molar-refractivity contribution in [1.29, 1.82) is 0 Å². The minimum Gasteiger partial charge on any atom is -0.496 e. The van der Waals surface area contributed by atoms with Crippen molar-refractivity contribution in [2.24, 2.45) is 0 Å². The summed E-state index contributed by atoms with van der Waals surface area (Å²) in [7, 11) is 1.71. The van der Waals surface area contributed by atoms with Crippen LogP contribution in [-0.4, -0.2) is 37.2 Å². The third-order valence-corrected chi connectivity index (χ3v) is 4.20. The summed E-state index contributed by atoms with van der Waals surface area (Å²) < 4.78 is 5.45. The van der Waals surface area contributed by atoms with Crippen molar-refractivity contribution in [3.05, 3.63) is 28.8 Å². The fourth-order valence-corrected chi connectivity index (χ4v) is 2.94. The van der Waals surface area contributed by atoms with Gasteiger partial charge in [0.2, 0.25) is 0 Å². The Labute approximate surface area is 127 Å². The van der Waals surface area contributed by atoms with Crippen molar-refractivity contribution in [3.63, 3.8) is 0 Å². The van der Waals surface area contributed by atoms with Crippen molar-refractivity contribution in [2.45, 2.75) is 45.3 Å². The number of nitrogens with one attached hydrogen (secondary N) is 1. The van der Waals surface area contributed by atoms with Gasteiger partial charge in [-0.1, -0.05) is 11.6 Å². The largest absolute Gasteiger partial charge is 0.496 e. The minimum atomic E-state index is 0.501. The zero-order valence-corrected chi connectivity index (χ0v) is 13.4. The Morgan fingerprint density at radius 3 is 2.85 bits per heavy atom. The van der Waals surface area contributed by atoms with Gasteiger partial charge in [-0.2, -0.15) is 0 Å². The van der Waals surface area contributed by atoms with Crippen LogP contribution in [0.3, 0.4) is 0 Å². The molecule has 0 aromatic heterocycles. The van der Waals surface area contributed by atoms with Gasteiger partial charge in [0.05, 0.1) is 7.11 Å². The van der Waals surface area contributed by atoms with E-state index in [9.17, 15) is 0 Å². The first-order chi connectivity index (χ1) is 9.60. The maximum absolute atomic E-state index is 6.12. The summed E-state index contributed by atoms with van der Waals surface area (Å²) in [6.07, 6.45) is 2.56. The standard InChI is InChI=1S/C16H25ClN2O/c1-12(2)19(11-15-5-4-8-18-15)10-13-9-14(17)6-7-16(13)20-3/h6-7,9,12,15,18H,4-5,8,10-11H2,1-3H3. The van der Waals surface area contributed by atoms with Crippen molar-refractivity contribution >= 4 is 11.6 Å². The smallest absolute Gasteiger partial charge is 0.123 e. The predicted molar refractivity (Wildman–Crippen MR) is 84.6 cm³/mol. The van der Waals surface area contributed by atoms with Crippen molar-refractivity contribution in [2.75, 3.05) is 20.2 Å². The molecule has 4 heteroatoms. The lowest BCUT2D eigenvalue weighted by atomic mass is 10.1. The molecular formula is C16H25ClN2O. The van der Waals surface area contributed by atoms with Gasteiger partial charge in [0.25, 0.3) is 0 Å². The highest BCUT2D eigenvalue weighted by atomic mass is 35.5. The Morgan fingerprint density at radius 2 is 2.25 bits per heavy atom. The van der Waals surface area contributed by atoms with Gasteiger partial charge in [-0.05, 0) is 51.4 Å². The van der Waals surface area contributed by atoms with Crippen LogP contribution in [0.2, 0.25) is 5.02 Å². The molecule has 20 heavy (non-hydrogen) atoms. The molecule has 1 aromatic rings. The molecule has 3 nitrogen and oxygen atoms in total. The monoisotopic (exact) mass is 296 g/mol. The van der Waals surface area contributed by atoms with E-state index in [0.29, 0.717) is 12.1 Å². The lowest BCUT2D eigenvalue weighted by Crippen LogP contribution is -2.40. The van der Waals surface area contributed by atoms with Gasteiger partial charge < -0.3 is 10.1 Å². The average molecular weight is 297 g/mol. The minimum absolute atomic E-state index is 0.501. The Kier molecular flexibility index (Phi) is 5.70. The topological polar surface area (TPSA) is 24.5 Å². The molecule has 2 rings (SSSR count). The lowest BCUT2D eigenvalue weighted by molar-refractivity contribution is 0.192. The van der Waals surface area contributed by atoms with Crippen LogP contribution < -0.4 is 10.1 Å². The number of methoxy groups -OCH3 is 1. The molecule has 1 saturated heterocycles. The summed E-state index contributed by atoms with van der Waals surface area (Å²) in [6.45, 7) is 7.59. The summed E-state index contributed by atoms with van der Waals surface area (Å²) in [6, 6.07) is 6.95. The van der Waals surface area contributed by atoms with Gasteiger partial charge in [0.15, 0.2) is 0 Å². The summed E-state index contributed by atoms with van der Waals surface area (Å²) in [5.74, 6) is 0.916. The molecule has 0 radical (unpaired) electrons. The number of hydrogen-bond acceptors (Lipinski definition) is 3. The van der Waals surface area contributed by atoms with Gasteiger partial charge in [-0.3, -0.25) is 4.90 Å². The first kappa shape index (κ1) is 15.6. The van der Waals surface area contributed by atoms with E-state index >= 15 is 0 Å². The van der Waals surface area contributed by atoms with Gasteiger partial charge in [0, 0.05) is 35.8 Å².